The van der Waals surface area contributed by atoms with Gasteiger partial charge in [-0.1, -0.05) is 302 Å². The van der Waals surface area contributed by atoms with E-state index in [2.05, 4.69) is 31.3 Å². The standard InChI is InChI=1S/C65H127NO10/c1-3-5-7-9-11-13-15-17-19-21-22-23-24-25-26-27-28-29-30-31-32-33-34-35-37-39-41-43-45-47-49-51-53-58(69)64(74)66-56(55-75-65-63(73)62(72)61(71)59(54-67)76-65)60(70)57(68)52-50-48-46-44-42-40-38-36-20-18-16-14-12-10-8-6-4-2/h25-26,56-63,65,67-73H,3-24,27-55H2,1-2H3,(H,66,74)/b26-25-. The zero-order valence-corrected chi connectivity index (χ0v) is 49.8. The summed E-state index contributed by atoms with van der Waals surface area (Å²) in [6.45, 7) is 3.50. The van der Waals surface area contributed by atoms with E-state index in [0.29, 0.717) is 19.3 Å². The zero-order chi connectivity index (χ0) is 55.4. The Morgan fingerprint density at radius 3 is 1.11 bits per heavy atom. The summed E-state index contributed by atoms with van der Waals surface area (Å²) in [6, 6.07) is -1.17. The molecule has 8 N–H and O–H groups in total. The first-order chi connectivity index (χ1) is 37.2. The van der Waals surface area contributed by atoms with Crippen molar-refractivity contribution in [3.8, 4) is 0 Å². The molecule has 1 aliphatic rings. The second kappa shape index (κ2) is 54.4. The van der Waals surface area contributed by atoms with E-state index >= 15 is 0 Å². The molecule has 0 spiro atoms. The lowest BCUT2D eigenvalue weighted by molar-refractivity contribution is -0.303. The molecule has 9 unspecified atom stereocenters. The summed E-state index contributed by atoms with van der Waals surface area (Å²) in [7, 11) is 0. The minimum atomic E-state index is -1.66. The molecule has 1 saturated heterocycles. The van der Waals surface area contributed by atoms with E-state index in [0.717, 1.165) is 38.5 Å². The summed E-state index contributed by atoms with van der Waals surface area (Å²) in [5.41, 5.74) is 0. The summed E-state index contributed by atoms with van der Waals surface area (Å²) in [6.07, 6.45) is 54.3. The lowest BCUT2D eigenvalue weighted by Crippen LogP contribution is -2.60. The number of carbonyl (C=O) groups is 1. The average Bonchev–Trinajstić information content (AvgIpc) is 3.42. The van der Waals surface area contributed by atoms with Crippen molar-refractivity contribution >= 4 is 5.91 Å². The summed E-state index contributed by atoms with van der Waals surface area (Å²) < 4.78 is 11.2. The highest BCUT2D eigenvalue weighted by Gasteiger charge is 2.44. The van der Waals surface area contributed by atoms with Gasteiger partial charge < -0.3 is 50.5 Å². The summed E-state index contributed by atoms with van der Waals surface area (Å²) in [4.78, 5) is 13.2. The van der Waals surface area contributed by atoms with Gasteiger partial charge in [-0.05, 0) is 38.5 Å². The van der Waals surface area contributed by atoms with Gasteiger partial charge in [0, 0.05) is 0 Å². The van der Waals surface area contributed by atoms with Crippen molar-refractivity contribution in [2.24, 2.45) is 0 Å². The van der Waals surface area contributed by atoms with Gasteiger partial charge in [0.1, 0.15) is 36.6 Å². The van der Waals surface area contributed by atoms with Crippen LogP contribution in [0.5, 0.6) is 0 Å². The third-order valence-corrected chi connectivity index (χ3v) is 16.3. The molecule has 1 rings (SSSR count). The van der Waals surface area contributed by atoms with E-state index in [1.54, 1.807) is 0 Å². The van der Waals surface area contributed by atoms with Gasteiger partial charge in [0.15, 0.2) is 6.29 Å². The van der Waals surface area contributed by atoms with Crippen molar-refractivity contribution in [3.63, 3.8) is 0 Å². The second-order valence-corrected chi connectivity index (χ2v) is 23.5. The molecule has 1 aliphatic heterocycles. The maximum atomic E-state index is 13.2. The number of allylic oxidation sites excluding steroid dienone is 2. The maximum absolute atomic E-state index is 13.2. The number of hydrogen-bond acceptors (Lipinski definition) is 10. The molecule has 1 heterocycles. The third-order valence-electron chi connectivity index (χ3n) is 16.3. The number of hydrogen-bond donors (Lipinski definition) is 8. The highest BCUT2D eigenvalue weighted by atomic mass is 16.7. The molecule has 0 aromatic carbocycles. The van der Waals surface area contributed by atoms with Crippen LogP contribution < -0.4 is 5.32 Å². The molecule has 452 valence electrons. The van der Waals surface area contributed by atoms with Crippen LogP contribution in [0.25, 0.3) is 0 Å². The van der Waals surface area contributed by atoms with Crippen molar-refractivity contribution in [2.75, 3.05) is 13.2 Å². The zero-order valence-electron chi connectivity index (χ0n) is 49.8. The maximum Gasteiger partial charge on any atom is 0.249 e. The number of rotatable bonds is 58. The normalized spacial score (nSPS) is 19.6. The number of carbonyl (C=O) groups excluding carboxylic acids is 1. The fourth-order valence-electron chi connectivity index (χ4n) is 11.0. The number of aliphatic hydroxyl groups is 7. The van der Waals surface area contributed by atoms with E-state index in [1.165, 1.54) is 250 Å². The Hall–Kier alpha value is -1.15. The lowest BCUT2D eigenvalue weighted by atomic mass is 9.98. The van der Waals surface area contributed by atoms with Crippen LogP contribution in [0.3, 0.4) is 0 Å². The molecule has 76 heavy (non-hydrogen) atoms. The van der Waals surface area contributed by atoms with Gasteiger partial charge in [-0.25, -0.2) is 0 Å². The van der Waals surface area contributed by atoms with Gasteiger partial charge >= 0.3 is 0 Å². The van der Waals surface area contributed by atoms with Crippen LogP contribution in [0.2, 0.25) is 0 Å². The van der Waals surface area contributed by atoms with Crippen LogP contribution in [0.4, 0.5) is 0 Å². The molecule has 11 heteroatoms. The molecular weight excluding hydrogens is 955 g/mol. The number of aliphatic hydroxyl groups excluding tert-OH is 7. The quantitative estimate of drug-likeness (QED) is 0.0215. The molecule has 1 fully saturated rings. The number of ether oxygens (including phenoxy) is 2. The lowest BCUT2D eigenvalue weighted by Gasteiger charge is -2.40. The van der Waals surface area contributed by atoms with Crippen molar-refractivity contribution in [1.82, 2.24) is 5.32 Å². The SMILES string of the molecule is CCCCCCCCCCCCCC/C=C\CCCCCCCCCCCCCCCCCCC(O)C(=O)NC(COC1OC(CO)C(O)C(O)C1O)C(O)C(O)CCCCCCCCCCCCCCCCCCC. The van der Waals surface area contributed by atoms with Crippen LogP contribution in [0, 0.1) is 0 Å². The first-order valence-electron chi connectivity index (χ1n) is 33.1. The van der Waals surface area contributed by atoms with Gasteiger partial charge in [-0.2, -0.15) is 0 Å². The first kappa shape index (κ1) is 72.9. The Morgan fingerprint density at radius 1 is 0.447 bits per heavy atom. The van der Waals surface area contributed by atoms with Crippen molar-refractivity contribution in [1.29, 1.82) is 0 Å². The predicted octanol–water partition coefficient (Wildman–Crippen LogP) is 15.1. The summed E-state index contributed by atoms with van der Waals surface area (Å²) in [5, 5.41) is 76.3. The molecule has 0 radical (unpaired) electrons. The van der Waals surface area contributed by atoms with Crippen LogP contribution in [0.1, 0.15) is 328 Å². The third kappa shape index (κ3) is 41.8. The summed E-state index contributed by atoms with van der Waals surface area (Å²) >= 11 is 0. The van der Waals surface area contributed by atoms with Gasteiger partial charge in [0.25, 0.3) is 0 Å². The van der Waals surface area contributed by atoms with Crippen LogP contribution in [-0.2, 0) is 14.3 Å². The van der Waals surface area contributed by atoms with Crippen LogP contribution in [0.15, 0.2) is 12.2 Å². The molecular formula is C65H127NO10. The van der Waals surface area contributed by atoms with Crippen LogP contribution >= 0.6 is 0 Å². The predicted molar refractivity (Wildman–Crippen MR) is 316 cm³/mol. The molecule has 9 atom stereocenters. The van der Waals surface area contributed by atoms with Gasteiger partial charge in [-0.3, -0.25) is 4.79 Å². The van der Waals surface area contributed by atoms with E-state index in [4.69, 9.17) is 9.47 Å². The summed E-state index contributed by atoms with van der Waals surface area (Å²) in [5.74, 6) is -0.690. The Morgan fingerprint density at radius 2 is 0.763 bits per heavy atom. The fourth-order valence-corrected chi connectivity index (χ4v) is 11.0. The molecule has 1 amide bonds. The van der Waals surface area contributed by atoms with Crippen LogP contribution in [-0.4, -0.2) is 110 Å². The number of nitrogens with one attached hydrogen (secondary N) is 1. The average molecular weight is 1080 g/mol. The van der Waals surface area contributed by atoms with E-state index < -0.39 is 74.2 Å². The number of amides is 1. The Balaban J connectivity index is 2.18. The Bertz CT molecular complexity index is 1240. The number of unbranched alkanes of at least 4 members (excludes halogenated alkanes) is 44. The molecule has 11 nitrogen and oxygen atoms in total. The topological polar surface area (TPSA) is 189 Å². The second-order valence-electron chi connectivity index (χ2n) is 23.5. The van der Waals surface area contributed by atoms with Gasteiger partial charge in [-0.15, -0.1) is 0 Å². The molecule has 0 aliphatic carbocycles. The van der Waals surface area contributed by atoms with Crippen molar-refractivity contribution in [2.45, 2.75) is 384 Å². The fraction of sp³-hybridized carbons (Fsp3) is 0.954. The van der Waals surface area contributed by atoms with Gasteiger partial charge in [0.05, 0.1) is 25.4 Å². The van der Waals surface area contributed by atoms with E-state index in [1.807, 2.05) is 0 Å². The van der Waals surface area contributed by atoms with Crippen molar-refractivity contribution < 1.29 is 50.0 Å². The smallest absolute Gasteiger partial charge is 0.249 e. The minimum Gasteiger partial charge on any atom is -0.394 e. The molecule has 0 aromatic heterocycles. The minimum absolute atomic E-state index is 0.265. The van der Waals surface area contributed by atoms with E-state index in [9.17, 15) is 40.5 Å². The Kier molecular flexibility index (Phi) is 52.2. The van der Waals surface area contributed by atoms with Gasteiger partial charge in [0.2, 0.25) is 5.91 Å². The molecule has 0 saturated carbocycles. The monoisotopic (exact) mass is 1080 g/mol. The van der Waals surface area contributed by atoms with E-state index in [-0.39, 0.29) is 6.42 Å². The largest absolute Gasteiger partial charge is 0.394 e. The van der Waals surface area contributed by atoms with Crippen molar-refractivity contribution in [3.05, 3.63) is 12.2 Å². The Labute approximate surface area is 468 Å². The highest BCUT2D eigenvalue weighted by Crippen LogP contribution is 2.24. The highest BCUT2D eigenvalue weighted by molar-refractivity contribution is 5.80. The first-order valence-corrected chi connectivity index (χ1v) is 33.1. The molecule has 0 aromatic rings. The molecule has 0 bridgehead atoms.